The summed E-state index contributed by atoms with van der Waals surface area (Å²) in [5.41, 5.74) is 3.19. The third kappa shape index (κ3) is 4.82. The van der Waals surface area contributed by atoms with Crippen molar-refractivity contribution in [3.63, 3.8) is 0 Å². The van der Waals surface area contributed by atoms with Crippen LogP contribution in [0.25, 0.3) is 0 Å². The Balaban J connectivity index is 1.76. The van der Waals surface area contributed by atoms with E-state index in [1.165, 1.54) is 0 Å². The highest BCUT2D eigenvalue weighted by atomic mass is 16.5. The molecule has 0 aromatic heterocycles. The monoisotopic (exact) mass is 304 g/mol. The van der Waals surface area contributed by atoms with Crippen LogP contribution in [0.4, 0.5) is 5.69 Å². The van der Waals surface area contributed by atoms with Crippen LogP contribution in [0.1, 0.15) is 37.8 Å². The van der Waals surface area contributed by atoms with Gasteiger partial charge in [-0.2, -0.15) is 0 Å². The molecule has 1 heterocycles. The SMILES string of the molecule is Cc1cccc(C)c1NC(=O)CCCN1C[C@@H](C)O[C@@H](C)C1. The second kappa shape index (κ2) is 7.75. The second-order valence-corrected chi connectivity index (χ2v) is 6.44. The van der Waals surface area contributed by atoms with Gasteiger partial charge in [-0.3, -0.25) is 9.69 Å². The van der Waals surface area contributed by atoms with Gasteiger partial charge in [0.15, 0.2) is 0 Å². The maximum absolute atomic E-state index is 12.1. The van der Waals surface area contributed by atoms with Gasteiger partial charge in [0, 0.05) is 25.2 Å². The first-order valence-electron chi connectivity index (χ1n) is 8.19. The summed E-state index contributed by atoms with van der Waals surface area (Å²) in [6.07, 6.45) is 2.02. The van der Waals surface area contributed by atoms with Crippen LogP contribution in [0.15, 0.2) is 18.2 Å². The molecule has 122 valence electrons. The molecule has 22 heavy (non-hydrogen) atoms. The predicted molar refractivity (Wildman–Crippen MR) is 90.2 cm³/mol. The predicted octanol–water partition coefficient (Wildman–Crippen LogP) is 3.13. The first kappa shape index (κ1) is 17.0. The van der Waals surface area contributed by atoms with Gasteiger partial charge in [0.2, 0.25) is 5.91 Å². The Bertz CT molecular complexity index is 486. The number of amides is 1. The van der Waals surface area contributed by atoms with Gasteiger partial charge in [-0.25, -0.2) is 0 Å². The summed E-state index contributed by atoms with van der Waals surface area (Å²) in [6, 6.07) is 6.07. The number of hydrogen-bond donors (Lipinski definition) is 1. The molecule has 1 aromatic carbocycles. The molecule has 1 N–H and O–H groups in total. The summed E-state index contributed by atoms with van der Waals surface area (Å²) in [6.45, 7) is 11.1. The lowest BCUT2D eigenvalue weighted by Crippen LogP contribution is -2.45. The highest BCUT2D eigenvalue weighted by molar-refractivity contribution is 5.92. The minimum Gasteiger partial charge on any atom is -0.373 e. The average Bonchev–Trinajstić information content (AvgIpc) is 2.42. The number of carbonyl (C=O) groups is 1. The molecule has 1 aromatic rings. The fourth-order valence-corrected chi connectivity index (χ4v) is 3.14. The van der Waals surface area contributed by atoms with E-state index in [1.807, 2.05) is 32.0 Å². The molecule has 0 spiro atoms. The average molecular weight is 304 g/mol. The van der Waals surface area contributed by atoms with Crippen LogP contribution in [-0.4, -0.2) is 42.6 Å². The van der Waals surface area contributed by atoms with Gasteiger partial charge in [-0.05, 0) is 51.8 Å². The number of nitrogens with zero attached hydrogens (tertiary/aromatic N) is 1. The number of para-hydroxylation sites is 1. The van der Waals surface area contributed by atoms with Crippen molar-refractivity contribution < 1.29 is 9.53 Å². The van der Waals surface area contributed by atoms with Crippen molar-refractivity contribution >= 4 is 11.6 Å². The van der Waals surface area contributed by atoms with E-state index in [1.54, 1.807) is 0 Å². The largest absolute Gasteiger partial charge is 0.373 e. The van der Waals surface area contributed by atoms with Gasteiger partial charge in [0.1, 0.15) is 0 Å². The van der Waals surface area contributed by atoms with Crippen LogP contribution in [0, 0.1) is 13.8 Å². The molecule has 0 radical (unpaired) electrons. The van der Waals surface area contributed by atoms with Crippen LogP contribution in [-0.2, 0) is 9.53 Å². The third-order valence-electron chi connectivity index (χ3n) is 4.12. The summed E-state index contributed by atoms with van der Waals surface area (Å²) in [5.74, 6) is 0.103. The van der Waals surface area contributed by atoms with E-state index >= 15 is 0 Å². The summed E-state index contributed by atoms with van der Waals surface area (Å²) < 4.78 is 5.73. The number of rotatable bonds is 5. The van der Waals surface area contributed by atoms with Gasteiger partial charge >= 0.3 is 0 Å². The lowest BCUT2D eigenvalue weighted by molar-refractivity contribution is -0.116. The maximum Gasteiger partial charge on any atom is 0.224 e. The molecule has 0 unspecified atom stereocenters. The Hall–Kier alpha value is -1.39. The van der Waals surface area contributed by atoms with Crippen molar-refractivity contribution in [3.05, 3.63) is 29.3 Å². The van der Waals surface area contributed by atoms with E-state index in [-0.39, 0.29) is 18.1 Å². The zero-order valence-corrected chi connectivity index (χ0v) is 14.2. The lowest BCUT2D eigenvalue weighted by atomic mass is 10.1. The molecule has 0 bridgehead atoms. The maximum atomic E-state index is 12.1. The zero-order chi connectivity index (χ0) is 16.1. The third-order valence-corrected chi connectivity index (χ3v) is 4.12. The van der Waals surface area contributed by atoms with E-state index in [0.29, 0.717) is 6.42 Å². The molecule has 2 atom stereocenters. The minimum absolute atomic E-state index is 0.103. The molecule has 1 saturated heterocycles. The molecule has 1 aliphatic rings. The Labute approximate surface area is 133 Å². The van der Waals surface area contributed by atoms with Crippen molar-refractivity contribution in [1.82, 2.24) is 4.90 Å². The molecule has 0 saturated carbocycles. The number of ether oxygens (including phenoxy) is 1. The van der Waals surface area contributed by atoms with Crippen LogP contribution in [0.3, 0.4) is 0 Å². The van der Waals surface area contributed by atoms with Crippen molar-refractivity contribution in [2.24, 2.45) is 0 Å². The number of nitrogens with one attached hydrogen (secondary N) is 1. The topological polar surface area (TPSA) is 41.6 Å². The number of aryl methyl sites for hydroxylation is 2. The van der Waals surface area contributed by atoms with Gasteiger partial charge < -0.3 is 10.1 Å². The van der Waals surface area contributed by atoms with Gasteiger partial charge in [-0.1, -0.05) is 18.2 Å². The van der Waals surface area contributed by atoms with Crippen LogP contribution < -0.4 is 5.32 Å². The number of hydrogen-bond acceptors (Lipinski definition) is 3. The molecule has 1 aliphatic heterocycles. The highest BCUT2D eigenvalue weighted by Crippen LogP contribution is 2.19. The van der Waals surface area contributed by atoms with Crippen molar-refractivity contribution in [1.29, 1.82) is 0 Å². The summed E-state index contributed by atoms with van der Waals surface area (Å²) in [4.78, 5) is 14.5. The van der Waals surface area contributed by atoms with Crippen LogP contribution in [0.2, 0.25) is 0 Å². The summed E-state index contributed by atoms with van der Waals surface area (Å²) in [5, 5.41) is 3.05. The quantitative estimate of drug-likeness (QED) is 0.908. The lowest BCUT2D eigenvalue weighted by Gasteiger charge is -2.35. The van der Waals surface area contributed by atoms with Crippen LogP contribution in [0.5, 0.6) is 0 Å². The molecule has 4 heteroatoms. The molecule has 1 fully saturated rings. The van der Waals surface area contributed by atoms with Crippen molar-refractivity contribution in [3.8, 4) is 0 Å². The molecule has 2 rings (SSSR count). The Morgan fingerprint density at radius 2 is 1.82 bits per heavy atom. The zero-order valence-electron chi connectivity index (χ0n) is 14.2. The van der Waals surface area contributed by atoms with E-state index in [4.69, 9.17) is 4.74 Å². The number of morpholine rings is 1. The molecule has 0 aliphatic carbocycles. The van der Waals surface area contributed by atoms with Gasteiger partial charge in [-0.15, -0.1) is 0 Å². The Kier molecular flexibility index (Phi) is 5.98. The first-order chi connectivity index (χ1) is 10.5. The van der Waals surface area contributed by atoms with E-state index in [9.17, 15) is 4.79 Å². The molecule has 1 amide bonds. The fraction of sp³-hybridized carbons (Fsp3) is 0.611. The Morgan fingerprint density at radius 3 is 2.41 bits per heavy atom. The number of benzene rings is 1. The summed E-state index contributed by atoms with van der Waals surface area (Å²) in [7, 11) is 0. The molecule has 4 nitrogen and oxygen atoms in total. The van der Waals surface area contributed by atoms with E-state index in [0.717, 1.165) is 42.9 Å². The molecular weight excluding hydrogens is 276 g/mol. The summed E-state index contributed by atoms with van der Waals surface area (Å²) >= 11 is 0. The Morgan fingerprint density at radius 1 is 1.23 bits per heavy atom. The normalized spacial score (nSPS) is 22.5. The minimum atomic E-state index is 0.103. The van der Waals surface area contributed by atoms with E-state index in [2.05, 4.69) is 24.1 Å². The number of carbonyl (C=O) groups excluding carboxylic acids is 1. The molecular formula is C18H28N2O2. The van der Waals surface area contributed by atoms with Crippen LogP contribution >= 0.6 is 0 Å². The van der Waals surface area contributed by atoms with E-state index < -0.39 is 0 Å². The van der Waals surface area contributed by atoms with Crippen molar-refractivity contribution in [2.75, 3.05) is 25.0 Å². The smallest absolute Gasteiger partial charge is 0.224 e. The van der Waals surface area contributed by atoms with Crippen molar-refractivity contribution in [2.45, 2.75) is 52.7 Å². The number of anilines is 1. The fourth-order valence-electron chi connectivity index (χ4n) is 3.14. The standard InChI is InChI=1S/C18H28N2O2/c1-13-7-5-8-14(2)18(13)19-17(21)9-6-10-20-11-15(3)22-16(4)12-20/h5,7-8,15-16H,6,9-12H2,1-4H3,(H,19,21)/t15-,16+. The van der Waals surface area contributed by atoms with Gasteiger partial charge in [0.25, 0.3) is 0 Å². The highest BCUT2D eigenvalue weighted by Gasteiger charge is 2.21. The first-order valence-corrected chi connectivity index (χ1v) is 8.19. The second-order valence-electron chi connectivity index (χ2n) is 6.44. The van der Waals surface area contributed by atoms with Gasteiger partial charge in [0.05, 0.1) is 12.2 Å².